The molecular weight excluding hydrogens is 224 g/mol. The minimum absolute atomic E-state index is 0.328. The zero-order valence-corrected chi connectivity index (χ0v) is 10.7. The van der Waals surface area contributed by atoms with Gasteiger partial charge >= 0.3 is 5.97 Å². The Morgan fingerprint density at radius 2 is 2.12 bits per heavy atom. The largest absolute Gasteiger partial charge is 0.480 e. The Hall–Kier alpha value is -1.14. The van der Waals surface area contributed by atoms with Crippen LogP contribution in [0.15, 0.2) is 0 Å². The molecule has 1 amide bonds. The average Bonchev–Trinajstić information content (AvgIpc) is 2.27. The summed E-state index contributed by atoms with van der Waals surface area (Å²) in [5.74, 6) is -1.49. The first-order valence-electron chi connectivity index (χ1n) is 5.66. The van der Waals surface area contributed by atoms with Crippen molar-refractivity contribution in [1.29, 1.82) is 0 Å². The van der Waals surface area contributed by atoms with Gasteiger partial charge in [-0.25, -0.2) is 4.79 Å². The number of carboxylic acids is 1. The van der Waals surface area contributed by atoms with Crippen LogP contribution in [0.5, 0.6) is 0 Å². The second kappa shape index (κ2) is 7.24. The number of hydrogen-bond acceptors (Lipinski definition) is 4. The van der Waals surface area contributed by atoms with Gasteiger partial charge in [-0.15, -0.1) is 0 Å². The van der Waals surface area contributed by atoms with Gasteiger partial charge in [-0.2, -0.15) is 0 Å². The molecule has 0 radical (unpaired) electrons. The topological polar surface area (TPSA) is 102 Å². The third kappa shape index (κ3) is 5.65. The van der Waals surface area contributed by atoms with Gasteiger partial charge in [-0.05, 0) is 26.2 Å². The highest BCUT2D eigenvalue weighted by molar-refractivity contribution is 5.89. The highest BCUT2D eigenvalue weighted by Gasteiger charge is 2.29. The molecule has 0 saturated heterocycles. The number of rotatable bonds is 8. The Morgan fingerprint density at radius 1 is 1.53 bits per heavy atom. The minimum Gasteiger partial charge on any atom is -0.480 e. The molecule has 0 rings (SSSR count). The Kier molecular flexibility index (Phi) is 6.75. The number of carbonyl (C=O) groups excluding carboxylic acids is 1. The fraction of sp³-hybridized carbons (Fsp3) is 0.818. The Balaban J connectivity index is 4.35. The van der Waals surface area contributed by atoms with Crippen molar-refractivity contribution in [1.82, 2.24) is 5.32 Å². The highest BCUT2D eigenvalue weighted by atomic mass is 16.5. The Morgan fingerprint density at radius 3 is 2.53 bits per heavy atom. The molecule has 0 saturated carbocycles. The van der Waals surface area contributed by atoms with Crippen molar-refractivity contribution < 1.29 is 19.4 Å². The molecule has 0 aromatic heterocycles. The van der Waals surface area contributed by atoms with Crippen LogP contribution in [0.25, 0.3) is 0 Å². The van der Waals surface area contributed by atoms with Crippen LogP contribution >= 0.6 is 0 Å². The summed E-state index contributed by atoms with van der Waals surface area (Å²) in [6.45, 7) is 3.82. The fourth-order valence-electron chi connectivity index (χ4n) is 1.17. The first kappa shape index (κ1) is 15.9. The van der Waals surface area contributed by atoms with E-state index >= 15 is 0 Å². The predicted molar refractivity (Wildman–Crippen MR) is 63.6 cm³/mol. The zero-order valence-electron chi connectivity index (χ0n) is 10.7. The van der Waals surface area contributed by atoms with Gasteiger partial charge < -0.3 is 20.9 Å². The third-order valence-electron chi connectivity index (χ3n) is 2.70. The van der Waals surface area contributed by atoms with Crippen LogP contribution in [0, 0.1) is 0 Å². The SMILES string of the molecule is CCC(C)(N)C(=O)NC(CCCOC)C(=O)O. The first-order chi connectivity index (χ1) is 7.85. The molecule has 0 aliphatic heterocycles. The van der Waals surface area contributed by atoms with Gasteiger partial charge in [0.2, 0.25) is 5.91 Å². The summed E-state index contributed by atoms with van der Waals surface area (Å²) in [5, 5.41) is 11.4. The van der Waals surface area contributed by atoms with Crippen LogP contribution in [-0.2, 0) is 14.3 Å². The molecule has 17 heavy (non-hydrogen) atoms. The summed E-state index contributed by atoms with van der Waals surface area (Å²) >= 11 is 0. The van der Waals surface area contributed by atoms with E-state index in [9.17, 15) is 9.59 Å². The van der Waals surface area contributed by atoms with Crippen LogP contribution in [0.1, 0.15) is 33.1 Å². The van der Waals surface area contributed by atoms with E-state index in [1.54, 1.807) is 21.0 Å². The van der Waals surface area contributed by atoms with E-state index in [1.807, 2.05) is 0 Å². The average molecular weight is 246 g/mol. The van der Waals surface area contributed by atoms with Gasteiger partial charge in [0.1, 0.15) is 6.04 Å². The molecule has 0 bridgehead atoms. The lowest BCUT2D eigenvalue weighted by Crippen LogP contribution is -2.55. The molecule has 4 N–H and O–H groups in total. The molecule has 100 valence electrons. The second-order valence-corrected chi connectivity index (χ2v) is 4.27. The lowest BCUT2D eigenvalue weighted by molar-refractivity contribution is -0.142. The van der Waals surface area contributed by atoms with Gasteiger partial charge in [0.25, 0.3) is 0 Å². The third-order valence-corrected chi connectivity index (χ3v) is 2.70. The molecule has 2 atom stereocenters. The number of nitrogens with two attached hydrogens (primary N) is 1. The van der Waals surface area contributed by atoms with Crippen molar-refractivity contribution in [2.24, 2.45) is 5.73 Å². The highest BCUT2D eigenvalue weighted by Crippen LogP contribution is 2.07. The van der Waals surface area contributed by atoms with E-state index in [1.165, 1.54) is 0 Å². The molecular formula is C11H22N2O4. The van der Waals surface area contributed by atoms with Crippen LogP contribution in [0.4, 0.5) is 0 Å². The van der Waals surface area contributed by atoms with Crippen LogP contribution < -0.4 is 11.1 Å². The number of amides is 1. The van der Waals surface area contributed by atoms with Crippen molar-refractivity contribution >= 4 is 11.9 Å². The summed E-state index contributed by atoms with van der Waals surface area (Å²) < 4.78 is 4.84. The lowest BCUT2D eigenvalue weighted by atomic mass is 9.98. The van der Waals surface area contributed by atoms with E-state index in [4.69, 9.17) is 15.6 Å². The van der Waals surface area contributed by atoms with E-state index in [0.29, 0.717) is 25.9 Å². The molecule has 0 aromatic rings. The van der Waals surface area contributed by atoms with E-state index in [2.05, 4.69) is 5.32 Å². The van der Waals surface area contributed by atoms with Crippen LogP contribution in [-0.4, -0.2) is 42.3 Å². The molecule has 0 heterocycles. The van der Waals surface area contributed by atoms with E-state index in [-0.39, 0.29) is 0 Å². The molecule has 0 aliphatic carbocycles. The van der Waals surface area contributed by atoms with Gasteiger partial charge in [0.05, 0.1) is 5.54 Å². The molecule has 0 aliphatic rings. The number of aliphatic carboxylic acids is 1. The Labute approximate surface area is 102 Å². The predicted octanol–water partition coefficient (Wildman–Crippen LogP) is 0.110. The maximum Gasteiger partial charge on any atom is 0.326 e. The number of hydrogen-bond donors (Lipinski definition) is 3. The summed E-state index contributed by atoms with van der Waals surface area (Å²) in [7, 11) is 1.54. The lowest BCUT2D eigenvalue weighted by Gasteiger charge is -2.24. The molecule has 6 nitrogen and oxygen atoms in total. The summed E-state index contributed by atoms with van der Waals surface area (Å²) in [5.41, 5.74) is 4.70. The van der Waals surface area contributed by atoms with E-state index < -0.39 is 23.5 Å². The fourth-order valence-corrected chi connectivity index (χ4v) is 1.17. The summed E-state index contributed by atoms with van der Waals surface area (Å²) in [4.78, 5) is 22.7. The molecule has 0 aromatic carbocycles. The Bertz CT molecular complexity index is 266. The van der Waals surface area contributed by atoms with Crippen molar-refractivity contribution in [3.63, 3.8) is 0 Å². The van der Waals surface area contributed by atoms with Gasteiger partial charge in [0.15, 0.2) is 0 Å². The monoisotopic (exact) mass is 246 g/mol. The summed E-state index contributed by atoms with van der Waals surface area (Å²) in [6, 6.07) is -0.910. The zero-order chi connectivity index (χ0) is 13.5. The van der Waals surface area contributed by atoms with Crippen LogP contribution in [0.3, 0.4) is 0 Å². The number of carbonyl (C=O) groups is 2. The molecule has 0 spiro atoms. The molecule has 6 heteroatoms. The van der Waals surface area contributed by atoms with Crippen molar-refractivity contribution in [3.05, 3.63) is 0 Å². The quantitative estimate of drug-likeness (QED) is 0.528. The number of methoxy groups -OCH3 is 1. The maximum absolute atomic E-state index is 11.7. The first-order valence-corrected chi connectivity index (χ1v) is 5.66. The van der Waals surface area contributed by atoms with Crippen molar-refractivity contribution in [2.75, 3.05) is 13.7 Å². The van der Waals surface area contributed by atoms with Gasteiger partial charge in [-0.3, -0.25) is 4.79 Å². The van der Waals surface area contributed by atoms with Crippen molar-refractivity contribution in [2.45, 2.75) is 44.7 Å². The smallest absolute Gasteiger partial charge is 0.326 e. The molecule has 2 unspecified atom stereocenters. The van der Waals surface area contributed by atoms with Crippen molar-refractivity contribution in [3.8, 4) is 0 Å². The maximum atomic E-state index is 11.7. The molecule has 0 fully saturated rings. The van der Waals surface area contributed by atoms with Gasteiger partial charge in [-0.1, -0.05) is 6.92 Å². The number of carboxylic acid groups (broad SMARTS) is 1. The standard InChI is InChI=1S/C11H22N2O4/c1-4-11(2,12)10(16)13-8(9(14)15)6-5-7-17-3/h8H,4-7,12H2,1-3H3,(H,13,16)(H,14,15). The normalized spacial score (nSPS) is 16.0. The number of nitrogens with one attached hydrogen (secondary N) is 1. The van der Waals surface area contributed by atoms with Gasteiger partial charge in [0, 0.05) is 13.7 Å². The second-order valence-electron chi connectivity index (χ2n) is 4.27. The number of ether oxygens (including phenoxy) is 1. The van der Waals surface area contributed by atoms with E-state index in [0.717, 1.165) is 0 Å². The minimum atomic E-state index is -1.05. The summed E-state index contributed by atoms with van der Waals surface area (Å²) in [6.07, 6.45) is 1.35. The van der Waals surface area contributed by atoms with Crippen LogP contribution in [0.2, 0.25) is 0 Å².